The van der Waals surface area contributed by atoms with Gasteiger partial charge in [0.05, 0.1) is 6.54 Å². The highest BCUT2D eigenvalue weighted by atomic mass is 32.2. The molecule has 1 amide bonds. The van der Waals surface area contributed by atoms with Gasteiger partial charge < -0.3 is 4.90 Å². The Kier molecular flexibility index (Phi) is 3.37. The molecule has 0 atom stereocenters. The number of nitrogens with zero attached hydrogens (tertiary/aromatic N) is 2. The highest BCUT2D eigenvalue weighted by Gasteiger charge is 2.27. The molecule has 0 saturated carbocycles. The van der Waals surface area contributed by atoms with Crippen molar-refractivity contribution in [1.82, 2.24) is 9.80 Å². The van der Waals surface area contributed by atoms with Crippen LogP contribution < -0.4 is 5.14 Å². The first-order valence-corrected chi connectivity index (χ1v) is 4.86. The van der Waals surface area contributed by atoms with Crippen LogP contribution in [0.25, 0.3) is 0 Å². The number of nitrogens with two attached hydrogens (primary N) is 1. The average Bonchev–Trinajstić information content (AvgIpc) is 1.94. The fraction of sp³-hybridized carbons (Fsp3) is 0.857. The largest absolute Gasteiger partial charge is 0.348 e. The van der Waals surface area contributed by atoms with Gasteiger partial charge in [0.15, 0.2) is 0 Å². The van der Waals surface area contributed by atoms with Crippen LogP contribution in [0.2, 0.25) is 0 Å². The van der Waals surface area contributed by atoms with Gasteiger partial charge in [0.25, 0.3) is 0 Å². The molecule has 0 unspecified atom stereocenters. The molecule has 12 heavy (non-hydrogen) atoms. The quantitative estimate of drug-likeness (QED) is 0.600. The number of carbonyl (C=O) groups is 1. The molecule has 0 spiro atoms. The lowest BCUT2D eigenvalue weighted by molar-refractivity contribution is -0.130. The van der Waals surface area contributed by atoms with E-state index in [1.165, 1.54) is 11.9 Å². The molecule has 0 aromatic carbocycles. The fourth-order valence-electron chi connectivity index (χ4n) is 1.07. The van der Waals surface area contributed by atoms with Crippen molar-refractivity contribution in [2.75, 3.05) is 33.7 Å². The second-order valence-corrected chi connectivity index (χ2v) is 4.18. The third kappa shape index (κ3) is 2.36. The summed E-state index contributed by atoms with van der Waals surface area (Å²) in [6, 6.07) is 0. The Morgan fingerprint density at radius 3 is 2.67 bits per heavy atom. The van der Waals surface area contributed by atoms with Crippen LogP contribution in [-0.4, -0.2) is 54.7 Å². The van der Waals surface area contributed by atoms with E-state index in [0.717, 1.165) is 13.1 Å². The number of hydrogen-bond donors (Lipinski definition) is 1. The van der Waals surface area contributed by atoms with E-state index in [1.807, 2.05) is 0 Å². The summed E-state index contributed by atoms with van der Waals surface area (Å²) < 4.78 is 0. The van der Waals surface area contributed by atoms with Gasteiger partial charge in [0.1, 0.15) is 0 Å². The van der Waals surface area contributed by atoms with E-state index in [0.29, 0.717) is 11.8 Å². The number of carbonyl (C=O) groups excluding carboxylic acids is 1. The summed E-state index contributed by atoms with van der Waals surface area (Å²) in [7, 11) is 3.55. The second-order valence-electron chi connectivity index (χ2n) is 3.24. The smallest absolute Gasteiger partial charge is 0.236 e. The Labute approximate surface area is 77.2 Å². The molecule has 0 radical (unpaired) electrons. The maximum atomic E-state index is 11.2. The summed E-state index contributed by atoms with van der Waals surface area (Å²) in [5.41, 5.74) is 0. The molecule has 1 heterocycles. The number of rotatable bonds is 3. The molecular formula is C7H15N3OS. The predicted octanol–water partition coefficient (Wildman–Crippen LogP) is -0.634. The molecule has 4 nitrogen and oxygen atoms in total. The first-order chi connectivity index (χ1) is 5.63. The summed E-state index contributed by atoms with van der Waals surface area (Å²) >= 11 is 1.38. The Morgan fingerprint density at radius 2 is 2.25 bits per heavy atom. The van der Waals surface area contributed by atoms with Gasteiger partial charge >= 0.3 is 0 Å². The summed E-state index contributed by atoms with van der Waals surface area (Å²) in [4.78, 5) is 14.9. The van der Waals surface area contributed by atoms with Crippen LogP contribution in [0.5, 0.6) is 0 Å². The molecule has 1 aliphatic rings. The standard InChI is InChI=1S/C7H15N3OS/c1-9(2)7(11)5-10-3-6(4-10)12-8/h6H,3-5,8H2,1-2H3. The van der Waals surface area contributed by atoms with Crippen molar-refractivity contribution in [2.24, 2.45) is 5.14 Å². The Hall–Kier alpha value is -0.260. The van der Waals surface area contributed by atoms with Crippen molar-refractivity contribution in [3.8, 4) is 0 Å². The van der Waals surface area contributed by atoms with Crippen molar-refractivity contribution >= 4 is 17.9 Å². The van der Waals surface area contributed by atoms with Gasteiger partial charge in [-0.2, -0.15) is 0 Å². The normalized spacial score (nSPS) is 18.9. The van der Waals surface area contributed by atoms with Crippen molar-refractivity contribution in [3.63, 3.8) is 0 Å². The van der Waals surface area contributed by atoms with Crippen LogP contribution in [0.3, 0.4) is 0 Å². The first kappa shape index (κ1) is 9.83. The molecule has 5 heteroatoms. The van der Waals surface area contributed by atoms with E-state index >= 15 is 0 Å². The average molecular weight is 189 g/mol. The molecule has 70 valence electrons. The molecule has 1 saturated heterocycles. The lowest BCUT2D eigenvalue weighted by atomic mass is 10.2. The van der Waals surface area contributed by atoms with Crippen LogP contribution >= 0.6 is 11.9 Å². The molecule has 0 bridgehead atoms. The predicted molar refractivity (Wildman–Crippen MR) is 50.7 cm³/mol. The zero-order valence-corrected chi connectivity index (χ0v) is 8.30. The highest BCUT2D eigenvalue weighted by molar-refractivity contribution is 7.97. The second kappa shape index (κ2) is 4.11. The minimum Gasteiger partial charge on any atom is -0.348 e. The van der Waals surface area contributed by atoms with E-state index in [9.17, 15) is 4.79 Å². The van der Waals surface area contributed by atoms with Crippen molar-refractivity contribution in [3.05, 3.63) is 0 Å². The SMILES string of the molecule is CN(C)C(=O)CN1CC(SN)C1. The summed E-state index contributed by atoms with van der Waals surface area (Å²) in [6.45, 7) is 2.42. The molecule has 1 aliphatic heterocycles. The van der Waals surface area contributed by atoms with Gasteiger partial charge in [0.2, 0.25) is 5.91 Å². The number of likely N-dealkylation sites (tertiary alicyclic amines) is 1. The van der Waals surface area contributed by atoms with Gasteiger partial charge in [-0.1, -0.05) is 11.9 Å². The molecule has 0 aromatic rings. The summed E-state index contributed by atoms with van der Waals surface area (Å²) in [6.07, 6.45) is 0. The Bertz CT molecular complexity index is 168. The minimum atomic E-state index is 0.162. The van der Waals surface area contributed by atoms with Gasteiger partial charge in [-0.15, -0.1) is 0 Å². The lowest BCUT2D eigenvalue weighted by Gasteiger charge is -2.37. The Morgan fingerprint density at radius 1 is 1.67 bits per heavy atom. The fourth-order valence-corrected chi connectivity index (χ4v) is 1.66. The van der Waals surface area contributed by atoms with E-state index in [-0.39, 0.29) is 5.91 Å². The van der Waals surface area contributed by atoms with E-state index < -0.39 is 0 Å². The van der Waals surface area contributed by atoms with Crippen molar-refractivity contribution in [1.29, 1.82) is 0 Å². The van der Waals surface area contributed by atoms with Crippen LogP contribution in [0.4, 0.5) is 0 Å². The molecule has 1 rings (SSSR count). The maximum absolute atomic E-state index is 11.2. The first-order valence-electron chi connectivity index (χ1n) is 3.91. The molecule has 0 aromatic heterocycles. The summed E-state index contributed by atoms with van der Waals surface area (Å²) in [5, 5.41) is 5.91. The van der Waals surface area contributed by atoms with Crippen LogP contribution in [0, 0.1) is 0 Å². The molecule has 1 fully saturated rings. The minimum absolute atomic E-state index is 0.162. The van der Waals surface area contributed by atoms with Crippen molar-refractivity contribution in [2.45, 2.75) is 5.25 Å². The number of likely N-dealkylation sites (N-methyl/N-ethyl adjacent to an activating group) is 1. The van der Waals surface area contributed by atoms with Crippen molar-refractivity contribution < 1.29 is 4.79 Å². The highest BCUT2D eigenvalue weighted by Crippen LogP contribution is 2.16. The zero-order chi connectivity index (χ0) is 9.14. The van der Waals surface area contributed by atoms with E-state index in [1.54, 1.807) is 19.0 Å². The molecular weight excluding hydrogens is 174 g/mol. The van der Waals surface area contributed by atoms with E-state index in [2.05, 4.69) is 4.90 Å². The van der Waals surface area contributed by atoms with Crippen LogP contribution in [0.1, 0.15) is 0 Å². The van der Waals surface area contributed by atoms with Gasteiger partial charge in [-0.05, 0) is 0 Å². The van der Waals surface area contributed by atoms with Gasteiger partial charge in [-0.25, -0.2) is 0 Å². The number of amides is 1. The zero-order valence-electron chi connectivity index (χ0n) is 7.49. The topological polar surface area (TPSA) is 49.6 Å². The lowest BCUT2D eigenvalue weighted by Crippen LogP contribution is -2.52. The third-order valence-corrected chi connectivity index (χ3v) is 2.66. The Balaban J connectivity index is 2.14. The number of hydrogen-bond acceptors (Lipinski definition) is 4. The van der Waals surface area contributed by atoms with E-state index in [4.69, 9.17) is 5.14 Å². The van der Waals surface area contributed by atoms with Gasteiger partial charge in [-0.3, -0.25) is 14.8 Å². The van der Waals surface area contributed by atoms with Crippen LogP contribution in [0.15, 0.2) is 0 Å². The van der Waals surface area contributed by atoms with Crippen LogP contribution in [-0.2, 0) is 4.79 Å². The molecule has 0 aliphatic carbocycles. The van der Waals surface area contributed by atoms with Gasteiger partial charge in [0, 0.05) is 32.4 Å². The maximum Gasteiger partial charge on any atom is 0.236 e. The molecule has 2 N–H and O–H groups in total. The third-order valence-electron chi connectivity index (χ3n) is 1.97. The monoisotopic (exact) mass is 189 g/mol. The summed E-state index contributed by atoms with van der Waals surface area (Å²) in [5.74, 6) is 0.162.